The lowest BCUT2D eigenvalue weighted by molar-refractivity contribution is 0.602. The summed E-state index contributed by atoms with van der Waals surface area (Å²) in [5.74, 6) is 0. The zero-order chi connectivity index (χ0) is 13.3. The Morgan fingerprint density at radius 3 is 2.72 bits per heavy atom. The van der Waals surface area contributed by atoms with Crippen LogP contribution in [-0.4, -0.2) is 24.2 Å². The standard InChI is InChI=1S/C12H16N2O2S2/c1-3-4-8-14-9-6-5-7-10(18(2,15)16)11(9)13-12(14)17/h5-7H,3-4,8H2,1-2H3,(H,13,17). The summed E-state index contributed by atoms with van der Waals surface area (Å²) >= 11 is 5.26. The predicted octanol–water partition coefficient (Wildman–Crippen LogP) is 2.90. The maximum atomic E-state index is 11.7. The minimum Gasteiger partial charge on any atom is -0.329 e. The smallest absolute Gasteiger partial charge is 0.178 e. The Kier molecular flexibility index (Phi) is 3.59. The van der Waals surface area contributed by atoms with E-state index in [4.69, 9.17) is 12.2 Å². The van der Waals surface area contributed by atoms with Crippen molar-refractivity contribution in [1.82, 2.24) is 9.55 Å². The van der Waals surface area contributed by atoms with E-state index in [0.29, 0.717) is 15.2 Å². The van der Waals surface area contributed by atoms with E-state index < -0.39 is 9.84 Å². The summed E-state index contributed by atoms with van der Waals surface area (Å²) in [5.41, 5.74) is 1.47. The summed E-state index contributed by atoms with van der Waals surface area (Å²) in [5, 5.41) is 0. The van der Waals surface area contributed by atoms with Crippen LogP contribution in [0, 0.1) is 4.77 Å². The number of hydrogen-bond acceptors (Lipinski definition) is 3. The van der Waals surface area contributed by atoms with Gasteiger partial charge in [0.05, 0.1) is 15.9 Å². The molecule has 1 aromatic carbocycles. The minimum absolute atomic E-state index is 0.307. The van der Waals surface area contributed by atoms with Crippen molar-refractivity contribution in [3.63, 3.8) is 0 Å². The largest absolute Gasteiger partial charge is 0.329 e. The van der Waals surface area contributed by atoms with Crippen LogP contribution in [0.2, 0.25) is 0 Å². The zero-order valence-corrected chi connectivity index (χ0v) is 12.1. The molecule has 0 aliphatic carbocycles. The van der Waals surface area contributed by atoms with Gasteiger partial charge in [0, 0.05) is 12.8 Å². The molecule has 6 heteroatoms. The molecule has 1 N–H and O–H groups in total. The Bertz CT molecular complexity index is 726. The lowest BCUT2D eigenvalue weighted by Crippen LogP contribution is -1.99. The third-order valence-electron chi connectivity index (χ3n) is 2.91. The van der Waals surface area contributed by atoms with Gasteiger partial charge in [0.15, 0.2) is 14.6 Å². The molecule has 0 amide bonds. The lowest BCUT2D eigenvalue weighted by atomic mass is 10.3. The average Bonchev–Trinajstić information content (AvgIpc) is 2.60. The third kappa shape index (κ3) is 2.35. The van der Waals surface area contributed by atoms with Gasteiger partial charge in [0.25, 0.3) is 0 Å². The number of benzene rings is 1. The number of imidazole rings is 1. The van der Waals surface area contributed by atoms with Gasteiger partial charge in [0.1, 0.15) is 0 Å². The van der Waals surface area contributed by atoms with Crippen molar-refractivity contribution in [1.29, 1.82) is 0 Å². The van der Waals surface area contributed by atoms with E-state index in [-0.39, 0.29) is 0 Å². The number of aromatic nitrogens is 2. The average molecular weight is 284 g/mol. The van der Waals surface area contributed by atoms with E-state index in [1.54, 1.807) is 12.1 Å². The molecule has 0 spiro atoms. The molecule has 2 rings (SSSR count). The SMILES string of the molecule is CCCCn1c(=S)[nH]c2c(S(C)(=O)=O)cccc21. The van der Waals surface area contributed by atoms with E-state index in [2.05, 4.69) is 11.9 Å². The molecular weight excluding hydrogens is 268 g/mol. The molecule has 1 heterocycles. The fraction of sp³-hybridized carbons (Fsp3) is 0.417. The Balaban J connectivity index is 2.71. The second-order valence-corrected chi connectivity index (χ2v) is 6.73. The van der Waals surface area contributed by atoms with Crippen LogP contribution < -0.4 is 0 Å². The molecule has 0 atom stereocenters. The number of hydrogen-bond donors (Lipinski definition) is 1. The van der Waals surface area contributed by atoms with Gasteiger partial charge in [-0.05, 0) is 30.8 Å². The number of sulfone groups is 1. The second-order valence-electron chi connectivity index (χ2n) is 4.36. The fourth-order valence-electron chi connectivity index (χ4n) is 2.00. The highest BCUT2D eigenvalue weighted by atomic mass is 32.2. The number of H-pyrrole nitrogens is 1. The van der Waals surface area contributed by atoms with E-state index in [1.807, 2.05) is 10.6 Å². The predicted molar refractivity (Wildman–Crippen MR) is 75.1 cm³/mol. The molecule has 1 aromatic heterocycles. The van der Waals surface area contributed by atoms with E-state index in [0.717, 1.165) is 24.9 Å². The van der Waals surface area contributed by atoms with Gasteiger partial charge >= 0.3 is 0 Å². The molecule has 0 saturated heterocycles. The number of fused-ring (bicyclic) bond motifs is 1. The highest BCUT2D eigenvalue weighted by Gasteiger charge is 2.15. The van der Waals surface area contributed by atoms with Crippen LogP contribution in [0.5, 0.6) is 0 Å². The van der Waals surface area contributed by atoms with Gasteiger partial charge in [-0.1, -0.05) is 19.4 Å². The number of nitrogens with zero attached hydrogens (tertiary/aromatic N) is 1. The molecule has 0 saturated carbocycles. The van der Waals surface area contributed by atoms with Gasteiger partial charge in [-0.3, -0.25) is 0 Å². The van der Waals surface area contributed by atoms with Gasteiger partial charge in [-0.2, -0.15) is 0 Å². The first-order chi connectivity index (χ1) is 8.45. The Morgan fingerprint density at radius 2 is 2.11 bits per heavy atom. The van der Waals surface area contributed by atoms with Crippen LogP contribution in [0.25, 0.3) is 11.0 Å². The van der Waals surface area contributed by atoms with Crippen LogP contribution >= 0.6 is 12.2 Å². The number of rotatable bonds is 4. The van der Waals surface area contributed by atoms with Gasteiger partial charge < -0.3 is 9.55 Å². The normalized spacial score (nSPS) is 12.1. The zero-order valence-electron chi connectivity index (χ0n) is 10.4. The molecule has 98 valence electrons. The Labute approximate surface area is 112 Å². The highest BCUT2D eigenvalue weighted by Crippen LogP contribution is 2.22. The maximum absolute atomic E-state index is 11.7. The van der Waals surface area contributed by atoms with Crippen molar-refractivity contribution < 1.29 is 8.42 Å². The molecule has 4 nitrogen and oxygen atoms in total. The lowest BCUT2D eigenvalue weighted by Gasteiger charge is -2.04. The molecule has 0 radical (unpaired) electrons. The monoisotopic (exact) mass is 284 g/mol. The van der Waals surface area contributed by atoms with Crippen molar-refractivity contribution in [3.8, 4) is 0 Å². The van der Waals surface area contributed by atoms with Gasteiger partial charge in [0.2, 0.25) is 0 Å². The molecular formula is C12H16N2O2S2. The van der Waals surface area contributed by atoms with Crippen molar-refractivity contribution in [2.24, 2.45) is 0 Å². The number of nitrogens with one attached hydrogen (secondary N) is 1. The molecule has 2 aromatic rings. The second kappa shape index (κ2) is 4.85. The van der Waals surface area contributed by atoms with Crippen LogP contribution in [0.1, 0.15) is 19.8 Å². The number of aromatic amines is 1. The van der Waals surface area contributed by atoms with E-state index in [1.165, 1.54) is 6.26 Å². The summed E-state index contributed by atoms with van der Waals surface area (Å²) in [6, 6.07) is 5.25. The number of unbranched alkanes of at least 4 members (excludes halogenated alkanes) is 1. The summed E-state index contributed by atoms with van der Waals surface area (Å²) in [6.07, 6.45) is 3.30. The van der Waals surface area contributed by atoms with Crippen molar-refractivity contribution in [2.75, 3.05) is 6.26 Å². The minimum atomic E-state index is -3.24. The van der Waals surface area contributed by atoms with Crippen LogP contribution in [0.15, 0.2) is 23.1 Å². The summed E-state index contributed by atoms with van der Waals surface area (Å²) in [4.78, 5) is 3.32. The van der Waals surface area contributed by atoms with Crippen LogP contribution in [0.4, 0.5) is 0 Å². The van der Waals surface area contributed by atoms with E-state index >= 15 is 0 Å². The Morgan fingerprint density at radius 1 is 1.39 bits per heavy atom. The fourth-order valence-corrected chi connectivity index (χ4v) is 3.14. The molecule has 0 bridgehead atoms. The Hall–Kier alpha value is -1.14. The molecule has 0 fully saturated rings. The number of aryl methyl sites for hydroxylation is 1. The first kappa shape index (κ1) is 13.3. The third-order valence-corrected chi connectivity index (χ3v) is 4.37. The van der Waals surface area contributed by atoms with Crippen molar-refractivity contribution >= 4 is 33.1 Å². The van der Waals surface area contributed by atoms with E-state index in [9.17, 15) is 8.42 Å². The van der Waals surface area contributed by atoms with Gasteiger partial charge in [-0.25, -0.2) is 8.42 Å². The molecule has 0 aliphatic rings. The van der Waals surface area contributed by atoms with Crippen molar-refractivity contribution in [3.05, 3.63) is 23.0 Å². The van der Waals surface area contributed by atoms with Crippen LogP contribution in [-0.2, 0) is 16.4 Å². The quantitative estimate of drug-likeness (QED) is 0.878. The van der Waals surface area contributed by atoms with Gasteiger partial charge in [-0.15, -0.1) is 0 Å². The first-order valence-corrected chi connectivity index (χ1v) is 8.16. The highest BCUT2D eigenvalue weighted by molar-refractivity contribution is 7.91. The summed E-state index contributed by atoms with van der Waals surface area (Å²) < 4.78 is 26.0. The van der Waals surface area contributed by atoms with Crippen molar-refractivity contribution in [2.45, 2.75) is 31.2 Å². The summed E-state index contributed by atoms with van der Waals surface area (Å²) in [6.45, 7) is 2.92. The molecule has 18 heavy (non-hydrogen) atoms. The first-order valence-electron chi connectivity index (χ1n) is 5.86. The topological polar surface area (TPSA) is 54.9 Å². The number of para-hydroxylation sites is 1. The maximum Gasteiger partial charge on any atom is 0.178 e. The van der Waals surface area contributed by atoms with Crippen LogP contribution in [0.3, 0.4) is 0 Å². The molecule has 0 unspecified atom stereocenters. The summed E-state index contributed by atoms with van der Waals surface area (Å²) in [7, 11) is -3.24. The molecule has 0 aliphatic heterocycles.